The minimum Gasteiger partial charge on any atom is -0.373 e. The first kappa shape index (κ1) is 16.4. The SMILES string of the molecule is CNc1ccc(-c2ccc3c(c2)CCNC3=O)c2cc(C(F)(F)F)nn12. The number of fused-ring (bicyclic) bond motifs is 2. The molecule has 0 atom stereocenters. The van der Waals surface area contributed by atoms with Crippen molar-refractivity contribution in [2.24, 2.45) is 0 Å². The molecule has 0 bridgehead atoms. The van der Waals surface area contributed by atoms with Crippen LogP contribution in [0.4, 0.5) is 19.0 Å². The molecular weight excluding hydrogens is 345 g/mol. The molecule has 134 valence electrons. The van der Waals surface area contributed by atoms with Crippen molar-refractivity contribution in [1.29, 1.82) is 0 Å². The molecule has 0 unspecified atom stereocenters. The number of amides is 1. The monoisotopic (exact) mass is 360 g/mol. The van der Waals surface area contributed by atoms with E-state index in [0.717, 1.165) is 17.2 Å². The lowest BCUT2D eigenvalue weighted by atomic mass is 9.95. The van der Waals surface area contributed by atoms with Gasteiger partial charge in [-0.3, -0.25) is 4.79 Å². The number of alkyl halides is 3. The number of carbonyl (C=O) groups is 1. The number of hydrogen-bond donors (Lipinski definition) is 2. The van der Waals surface area contributed by atoms with Gasteiger partial charge in [-0.05, 0) is 41.8 Å². The van der Waals surface area contributed by atoms with E-state index in [1.54, 1.807) is 31.3 Å². The summed E-state index contributed by atoms with van der Waals surface area (Å²) in [4.78, 5) is 11.9. The van der Waals surface area contributed by atoms with Crippen LogP contribution in [0.25, 0.3) is 16.6 Å². The van der Waals surface area contributed by atoms with E-state index < -0.39 is 11.9 Å². The fourth-order valence-corrected chi connectivity index (χ4v) is 3.24. The standard InChI is InChI=1S/C18H15F3N4O/c1-22-16-5-4-12(14-9-15(18(19,20)21)24-25(14)16)10-2-3-13-11(8-10)6-7-23-17(13)26/h2-5,8-9,22H,6-7H2,1H3,(H,23,26). The summed E-state index contributed by atoms with van der Waals surface area (Å²) in [5, 5.41) is 9.33. The summed E-state index contributed by atoms with van der Waals surface area (Å²) in [7, 11) is 1.63. The molecule has 0 fully saturated rings. The number of rotatable bonds is 2. The maximum absolute atomic E-state index is 13.1. The van der Waals surface area contributed by atoms with Gasteiger partial charge < -0.3 is 10.6 Å². The molecule has 0 radical (unpaired) electrons. The van der Waals surface area contributed by atoms with Gasteiger partial charge in [0.05, 0.1) is 5.52 Å². The highest BCUT2D eigenvalue weighted by molar-refractivity contribution is 5.97. The molecule has 0 aliphatic carbocycles. The summed E-state index contributed by atoms with van der Waals surface area (Å²) in [5.74, 6) is 0.328. The number of halogens is 3. The van der Waals surface area contributed by atoms with E-state index in [1.165, 1.54) is 4.52 Å². The molecule has 26 heavy (non-hydrogen) atoms. The van der Waals surface area contributed by atoms with Crippen LogP contribution in [0.5, 0.6) is 0 Å². The first-order valence-corrected chi connectivity index (χ1v) is 8.08. The molecule has 0 saturated carbocycles. The molecule has 5 nitrogen and oxygen atoms in total. The third-order valence-electron chi connectivity index (χ3n) is 4.51. The van der Waals surface area contributed by atoms with Gasteiger partial charge in [0, 0.05) is 24.7 Å². The van der Waals surface area contributed by atoms with Gasteiger partial charge in [0.2, 0.25) is 0 Å². The number of anilines is 1. The third-order valence-corrected chi connectivity index (χ3v) is 4.51. The molecule has 1 aliphatic heterocycles. The Hall–Kier alpha value is -3.03. The molecule has 1 aliphatic rings. The summed E-state index contributed by atoms with van der Waals surface area (Å²) in [6, 6.07) is 9.81. The summed E-state index contributed by atoms with van der Waals surface area (Å²) in [6.07, 6.45) is -3.84. The summed E-state index contributed by atoms with van der Waals surface area (Å²) in [5.41, 5.74) is 2.27. The Morgan fingerprint density at radius 1 is 1.15 bits per heavy atom. The second-order valence-corrected chi connectivity index (χ2v) is 6.08. The quantitative estimate of drug-likeness (QED) is 0.737. The van der Waals surface area contributed by atoms with Crippen LogP contribution < -0.4 is 10.6 Å². The molecule has 1 amide bonds. The van der Waals surface area contributed by atoms with Gasteiger partial charge >= 0.3 is 6.18 Å². The van der Waals surface area contributed by atoms with Crippen molar-refractivity contribution in [3.05, 3.63) is 53.2 Å². The normalized spacial score (nSPS) is 14.2. The largest absolute Gasteiger partial charge is 0.435 e. The maximum Gasteiger partial charge on any atom is 0.435 e. The van der Waals surface area contributed by atoms with Crippen LogP contribution in [0.1, 0.15) is 21.6 Å². The predicted molar refractivity (Wildman–Crippen MR) is 91.2 cm³/mol. The van der Waals surface area contributed by atoms with E-state index in [1.807, 2.05) is 6.07 Å². The molecule has 8 heteroatoms. The molecule has 0 saturated heterocycles. The molecule has 2 N–H and O–H groups in total. The fraction of sp³-hybridized carbons (Fsp3) is 0.222. The lowest BCUT2D eigenvalue weighted by molar-refractivity contribution is -0.141. The Labute approximate surface area is 146 Å². The van der Waals surface area contributed by atoms with Crippen LogP contribution in [-0.4, -0.2) is 29.1 Å². The Kier molecular flexibility index (Phi) is 3.64. The average molecular weight is 360 g/mol. The van der Waals surface area contributed by atoms with Gasteiger partial charge in [-0.25, -0.2) is 4.52 Å². The van der Waals surface area contributed by atoms with Crippen molar-refractivity contribution in [3.8, 4) is 11.1 Å². The minimum absolute atomic E-state index is 0.128. The summed E-state index contributed by atoms with van der Waals surface area (Å²) < 4.78 is 40.6. The molecule has 3 heterocycles. The average Bonchev–Trinajstić information content (AvgIpc) is 3.06. The van der Waals surface area contributed by atoms with Gasteiger partial charge in [0.15, 0.2) is 5.69 Å². The third kappa shape index (κ3) is 2.58. The van der Waals surface area contributed by atoms with Crippen molar-refractivity contribution in [2.45, 2.75) is 12.6 Å². The van der Waals surface area contributed by atoms with Crippen LogP contribution in [0.15, 0.2) is 36.4 Å². The van der Waals surface area contributed by atoms with E-state index >= 15 is 0 Å². The number of pyridine rings is 1. The Bertz CT molecular complexity index is 1020. The van der Waals surface area contributed by atoms with Gasteiger partial charge in [-0.15, -0.1) is 0 Å². The molecular formula is C18H15F3N4O. The molecule has 4 rings (SSSR count). The lowest BCUT2D eigenvalue weighted by Gasteiger charge is -2.17. The van der Waals surface area contributed by atoms with Crippen molar-refractivity contribution in [1.82, 2.24) is 14.9 Å². The van der Waals surface area contributed by atoms with E-state index in [-0.39, 0.29) is 5.91 Å². The highest BCUT2D eigenvalue weighted by Crippen LogP contribution is 2.34. The van der Waals surface area contributed by atoms with Crippen molar-refractivity contribution < 1.29 is 18.0 Å². The second-order valence-electron chi connectivity index (χ2n) is 6.08. The lowest BCUT2D eigenvalue weighted by Crippen LogP contribution is -2.31. The van der Waals surface area contributed by atoms with Crippen LogP contribution in [0.2, 0.25) is 0 Å². The Morgan fingerprint density at radius 3 is 2.65 bits per heavy atom. The van der Waals surface area contributed by atoms with Crippen LogP contribution in [0.3, 0.4) is 0 Å². The first-order valence-electron chi connectivity index (χ1n) is 8.08. The van der Waals surface area contributed by atoms with Crippen LogP contribution in [-0.2, 0) is 12.6 Å². The zero-order valence-electron chi connectivity index (χ0n) is 13.8. The zero-order chi connectivity index (χ0) is 18.5. The highest BCUT2D eigenvalue weighted by Gasteiger charge is 2.34. The molecule has 0 spiro atoms. The Balaban J connectivity index is 1.92. The van der Waals surface area contributed by atoms with Crippen LogP contribution in [0, 0.1) is 0 Å². The van der Waals surface area contributed by atoms with E-state index in [0.29, 0.717) is 35.4 Å². The number of benzene rings is 1. The number of hydrogen-bond acceptors (Lipinski definition) is 3. The summed E-state index contributed by atoms with van der Waals surface area (Å²) >= 11 is 0. The van der Waals surface area contributed by atoms with Crippen molar-refractivity contribution in [3.63, 3.8) is 0 Å². The van der Waals surface area contributed by atoms with Crippen molar-refractivity contribution in [2.75, 3.05) is 18.9 Å². The predicted octanol–water partition coefficient (Wildman–Crippen LogP) is 3.35. The van der Waals surface area contributed by atoms with Crippen molar-refractivity contribution >= 4 is 17.2 Å². The number of aromatic nitrogens is 2. The van der Waals surface area contributed by atoms with Gasteiger partial charge in [-0.1, -0.05) is 12.1 Å². The van der Waals surface area contributed by atoms with E-state index in [2.05, 4.69) is 15.7 Å². The summed E-state index contributed by atoms with van der Waals surface area (Å²) in [6.45, 7) is 0.550. The minimum atomic E-state index is -4.53. The van der Waals surface area contributed by atoms with E-state index in [9.17, 15) is 18.0 Å². The molecule has 1 aromatic carbocycles. The van der Waals surface area contributed by atoms with Gasteiger partial charge in [0.1, 0.15) is 5.82 Å². The zero-order valence-corrected chi connectivity index (χ0v) is 13.8. The smallest absolute Gasteiger partial charge is 0.373 e. The maximum atomic E-state index is 13.1. The second kappa shape index (κ2) is 5.76. The van der Waals surface area contributed by atoms with E-state index in [4.69, 9.17) is 0 Å². The van der Waals surface area contributed by atoms with Gasteiger partial charge in [-0.2, -0.15) is 18.3 Å². The van der Waals surface area contributed by atoms with Crippen LogP contribution >= 0.6 is 0 Å². The number of nitrogens with one attached hydrogen (secondary N) is 2. The highest BCUT2D eigenvalue weighted by atomic mass is 19.4. The fourth-order valence-electron chi connectivity index (χ4n) is 3.24. The first-order chi connectivity index (χ1) is 12.4. The molecule has 3 aromatic rings. The Morgan fingerprint density at radius 2 is 1.92 bits per heavy atom. The topological polar surface area (TPSA) is 58.4 Å². The molecule has 2 aromatic heterocycles. The number of carbonyl (C=O) groups excluding carboxylic acids is 1. The number of nitrogens with zero attached hydrogens (tertiary/aromatic N) is 2. The van der Waals surface area contributed by atoms with Gasteiger partial charge in [0.25, 0.3) is 5.91 Å².